The first kappa shape index (κ1) is 23.5. The van der Waals surface area contributed by atoms with Gasteiger partial charge in [-0.2, -0.15) is 0 Å². The second kappa shape index (κ2) is 9.55. The molecule has 172 valence electrons. The van der Waals surface area contributed by atoms with Crippen LogP contribution < -0.4 is 0 Å². The molecule has 1 aliphatic heterocycles. The van der Waals surface area contributed by atoms with E-state index in [9.17, 15) is 18.7 Å². The Hall–Kier alpha value is -2.15. The topological polar surface area (TPSA) is 53.0 Å². The third-order valence-corrected chi connectivity index (χ3v) is 6.30. The van der Waals surface area contributed by atoms with Crippen LogP contribution in [0, 0.1) is 11.8 Å². The third-order valence-electron chi connectivity index (χ3n) is 6.30. The van der Waals surface area contributed by atoms with E-state index in [2.05, 4.69) is 36.8 Å². The Kier molecular flexibility index (Phi) is 7.24. The zero-order valence-electron chi connectivity index (χ0n) is 18.6. The molecule has 1 saturated carbocycles. The molecule has 2 aliphatic rings. The minimum absolute atomic E-state index is 0.0786. The van der Waals surface area contributed by atoms with Gasteiger partial charge in [-0.1, -0.05) is 44.2 Å². The Morgan fingerprint density at radius 3 is 2.55 bits per heavy atom. The van der Waals surface area contributed by atoms with E-state index in [1.807, 2.05) is 6.20 Å². The number of hydrogen-bond donors (Lipinski definition) is 1. The fraction of sp³-hybridized carbons (Fsp3) is 0.625. The van der Waals surface area contributed by atoms with Gasteiger partial charge >= 0.3 is 5.97 Å². The summed E-state index contributed by atoms with van der Waals surface area (Å²) >= 11 is 0. The summed E-state index contributed by atoms with van der Waals surface area (Å²) in [6.45, 7) is 8.28. The number of hydrogen-bond acceptors (Lipinski definition) is 5. The first-order chi connectivity index (χ1) is 14.6. The number of alkyl halides is 2. The van der Waals surface area contributed by atoms with Crippen molar-refractivity contribution in [1.82, 2.24) is 9.80 Å². The number of halogens is 2. The number of benzene rings is 1. The van der Waals surface area contributed by atoms with E-state index < -0.39 is 29.8 Å². The van der Waals surface area contributed by atoms with Crippen LogP contribution >= 0.6 is 0 Å². The van der Waals surface area contributed by atoms with Crippen LogP contribution in [0.2, 0.25) is 0 Å². The molecule has 1 aromatic rings. The maximum absolute atomic E-state index is 13.9. The van der Waals surface area contributed by atoms with Crippen LogP contribution in [-0.2, 0) is 15.1 Å². The molecule has 1 fully saturated rings. The van der Waals surface area contributed by atoms with Gasteiger partial charge < -0.3 is 19.6 Å². The molecule has 0 spiro atoms. The first-order valence-electron chi connectivity index (χ1n) is 11.2. The van der Waals surface area contributed by atoms with Gasteiger partial charge in [0.25, 0.3) is 0 Å². The smallest absolute Gasteiger partial charge is 0.343 e. The highest BCUT2D eigenvalue weighted by molar-refractivity contribution is 5.81. The monoisotopic (exact) mass is 436 g/mol. The molecule has 1 N–H and O–H groups in total. The number of carbonyl (C=O) groups excluding carboxylic acids is 1. The van der Waals surface area contributed by atoms with Crippen molar-refractivity contribution in [2.75, 3.05) is 19.7 Å². The zero-order chi connectivity index (χ0) is 22.6. The van der Waals surface area contributed by atoms with E-state index in [-0.39, 0.29) is 25.6 Å². The Labute approximate surface area is 183 Å². The third kappa shape index (κ3) is 5.37. The van der Waals surface area contributed by atoms with E-state index in [4.69, 9.17) is 4.74 Å². The van der Waals surface area contributed by atoms with Crippen molar-refractivity contribution in [3.63, 3.8) is 0 Å². The maximum atomic E-state index is 13.9. The molecule has 1 aliphatic carbocycles. The lowest BCUT2D eigenvalue weighted by Crippen LogP contribution is -2.44. The van der Waals surface area contributed by atoms with Gasteiger partial charge in [-0.25, -0.2) is 13.6 Å². The van der Waals surface area contributed by atoms with E-state index >= 15 is 0 Å². The molecule has 1 unspecified atom stereocenters. The van der Waals surface area contributed by atoms with Crippen molar-refractivity contribution < 1.29 is 23.4 Å². The Morgan fingerprint density at radius 1 is 1.26 bits per heavy atom. The summed E-state index contributed by atoms with van der Waals surface area (Å²) in [5.41, 5.74) is -1.75. The number of ether oxygens (including phenoxy) is 1. The van der Waals surface area contributed by atoms with Gasteiger partial charge in [0, 0.05) is 44.2 Å². The van der Waals surface area contributed by atoms with E-state index in [1.165, 1.54) is 0 Å². The lowest BCUT2D eigenvalue weighted by Gasteiger charge is -2.33. The molecule has 31 heavy (non-hydrogen) atoms. The molecule has 1 heterocycles. The largest absolute Gasteiger partial charge is 0.463 e. The molecule has 3 rings (SSSR count). The van der Waals surface area contributed by atoms with E-state index in [1.54, 1.807) is 30.3 Å². The fourth-order valence-electron chi connectivity index (χ4n) is 4.55. The molecule has 7 heteroatoms. The summed E-state index contributed by atoms with van der Waals surface area (Å²) in [7, 11) is 0. The summed E-state index contributed by atoms with van der Waals surface area (Å²) in [6.07, 6.45) is 4.17. The van der Waals surface area contributed by atoms with Gasteiger partial charge in [0.1, 0.15) is 0 Å². The molecule has 0 bridgehead atoms. The van der Waals surface area contributed by atoms with Gasteiger partial charge in [-0.05, 0) is 31.2 Å². The highest BCUT2D eigenvalue weighted by atomic mass is 19.3. The van der Waals surface area contributed by atoms with E-state index in [0.29, 0.717) is 24.4 Å². The average molecular weight is 437 g/mol. The molecule has 3 atom stereocenters. The fourth-order valence-corrected chi connectivity index (χ4v) is 4.55. The molecule has 0 radical (unpaired) electrons. The standard InChI is InChI=1S/C24H34F2N2O3/c1-18(2)17-28-14-13-27(19(28)3)12-7-15-31-22(29)24(30,20-8-5-4-6-9-20)21-10-11-23(25,26)16-21/h4-6,8-9,13-14,18-19,21,30H,7,10-12,15-17H2,1-3H3/t19?,21-,24+/m1/s1. The highest BCUT2D eigenvalue weighted by Gasteiger charge is 2.54. The van der Waals surface area contributed by atoms with Crippen molar-refractivity contribution in [3.8, 4) is 0 Å². The summed E-state index contributed by atoms with van der Waals surface area (Å²) in [6, 6.07) is 8.32. The van der Waals surface area contributed by atoms with Crippen molar-refractivity contribution in [3.05, 3.63) is 48.3 Å². The van der Waals surface area contributed by atoms with Gasteiger partial charge in [-0.3, -0.25) is 0 Å². The quantitative estimate of drug-likeness (QED) is 0.461. The van der Waals surface area contributed by atoms with Gasteiger partial charge in [0.05, 0.1) is 12.8 Å². The predicted octanol–water partition coefficient (Wildman–Crippen LogP) is 4.33. The second-order valence-corrected chi connectivity index (χ2v) is 9.18. The maximum Gasteiger partial charge on any atom is 0.343 e. The number of nitrogens with zero attached hydrogens (tertiary/aromatic N) is 2. The molecule has 0 saturated heterocycles. The van der Waals surface area contributed by atoms with Crippen LogP contribution in [0.15, 0.2) is 42.7 Å². The molecular formula is C24H34F2N2O3. The number of aliphatic hydroxyl groups is 1. The molecule has 0 aromatic heterocycles. The van der Waals surface area contributed by atoms with Crippen molar-refractivity contribution >= 4 is 5.97 Å². The van der Waals surface area contributed by atoms with Gasteiger partial charge in [-0.15, -0.1) is 0 Å². The lowest BCUT2D eigenvalue weighted by molar-refractivity contribution is -0.175. The van der Waals surface area contributed by atoms with Crippen LogP contribution in [0.4, 0.5) is 8.78 Å². The Bertz CT molecular complexity index is 771. The molecule has 0 amide bonds. The van der Waals surface area contributed by atoms with Crippen molar-refractivity contribution in [1.29, 1.82) is 0 Å². The zero-order valence-corrected chi connectivity index (χ0v) is 18.6. The number of carbonyl (C=O) groups is 1. The molecule has 1 aromatic carbocycles. The van der Waals surface area contributed by atoms with Crippen molar-refractivity contribution in [2.24, 2.45) is 11.8 Å². The lowest BCUT2D eigenvalue weighted by atomic mass is 9.80. The molecule has 5 nitrogen and oxygen atoms in total. The Morgan fingerprint density at radius 2 is 1.94 bits per heavy atom. The van der Waals surface area contributed by atoms with Crippen LogP contribution in [-0.4, -0.2) is 52.7 Å². The normalized spacial score (nSPS) is 24.6. The first-order valence-corrected chi connectivity index (χ1v) is 11.2. The minimum Gasteiger partial charge on any atom is -0.463 e. The van der Waals surface area contributed by atoms with Crippen LogP contribution in [0.25, 0.3) is 0 Å². The highest BCUT2D eigenvalue weighted by Crippen LogP contribution is 2.47. The van der Waals surface area contributed by atoms with Gasteiger partial charge in [0.2, 0.25) is 5.92 Å². The van der Waals surface area contributed by atoms with Gasteiger partial charge in [0.15, 0.2) is 5.60 Å². The van der Waals surface area contributed by atoms with Crippen LogP contribution in [0.1, 0.15) is 52.0 Å². The summed E-state index contributed by atoms with van der Waals surface area (Å²) in [4.78, 5) is 17.4. The van der Waals surface area contributed by atoms with Crippen LogP contribution in [0.3, 0.4) is 0 Å². The van der Waals surface area contributed by atoms with E-state index in [0.717, 1.165) is 6.54 Å². The molecular weight excluding hydrogens is 402 g/mol. The predicted molar refractivity (Wildman–Crippen MR) is 115 cm³/mol. The number of rotatable bonds is 9. The average Bonchev–Trinajstić information content (AvgIpc) is 3.27. The summed E-state index contributed by atoms with van der Waals surface area (Å²) in [5.74, 6) is -4.02. The van der Waals surface area contributed by atoms with Crippen molar-refractivity contribution in [2.45, 2.75) is 64.1 Å². The summed E-state index contributed by atoms with van der Waals surface area (Å²) in [5, 5.41) is 11.3. The second-order valence-electron chi connectivity index (χ2n) is 9.18. The SMILES string of the molecule is CC(C)CN1C=CN(CCCOC(=O)[C@](O)(c2ccccc2)[C@@H]2CCC(F)(F)C2)C1C. The summed E-state index contributed by atoms with van der Waals surface area (Å²) < 4.78 is 33.1. The Balaban J connectivity index is 1.57. The van der Waals surface area contributed by atoms with Crippen LogP contribution in [0.5, 0.6) is 0 Å². The minimum atomic E-state index is -2.87. The number of esters is 1.